The first-order chi connectivity index (χ1) is 9.72. The number of nitrogens with zero attached hydrogens (tertiary/aromatic N) is 2. The van der Waals surface area contributed by atoms with E-state index < -0.39 is 0 Å². The maximum atomic E-state index is 8.74. The Morgan fingerprint density at radius 3 is 2.30 bits per heavy atom. The van der Waals surface area contributed by atoms with Crippen LogP contribution < -0.4 is 0 Å². The Balaban J connectivity index is 2.09. The van der Waals surface area contributed by atoms with E-state index in [0.29, 0.717) is 11.5 Å². The summed E-state index contributed by atoms with van der Waals surface area (Å²) < 4.78 is 0. The first kappa shape index (κ1) is 14.0. The van der Waals surface area contributed by atoms with Gasteiger partial charge in [-0.25, -0.2) is 0 Å². The molecule has 0 aliphatic rings. The second-order valence-corrected chi connectivity index (χ2v) is 4.89. The van der Waals surface area contributed by atoms with Crippen LogP contribution in [-0.4, -0.2) is 6.21 Å². The molecule has 2 aromatic rings. The minimum atomic E-state index is 0.589. The van der Waals surface area contributed by atoms with E-state index in [1.54, 1.807) is 12.1 Å². The van der Waals surface area contributed by atoms with Crippen molar-refractivity contribution in [3.05, 3.63) is 65.2 Å². The molecule has 0 aliphatic heterocycles. The number of rotatable bonds is 4. The fourth-order valence-corrected chi connectivity index (χ4v) is 1.92. The van der Waals surface area contributed by atoms with Crippen LogP contribution in [0.15, 0.2) is 53.5 Å². The van der Waals surface area contributed by atoms with Crippen LogP contribution in [0.5, 0.6) is 0 Å². The van der Waals surface area contributed by atoms with Crippen LogP contribution in [-0.2, 0) is 0 Å². The molecule has 1 atom stereocenters. The molecule has 0 saturated carbocycles. The molecule has 0 radical (unpaired) electrons. The Bertz CT molecular complexity index is 616. The van der Waals surface area contributed by atoms with Gasteiger partial charge in [-0.05, 0) is 47.7 Å². The van der Waals surface area contributed by atoms with Crippen LogP contribution in [0, 0.1) is 11.3 Å². The molecular weight excluding hydrogens is 244 g/mol. The molecule has 0 fully saturated rings. The van der Waals surface area contributed by atoms with Gasteiger partial charge in [-0.3, -0.25) is 4.99 Å². The number of aliphatic imine (C=N–C) groups is 1. The summed E-state index contributed by atoms with van der Waals surface area (Å²) in [7, 11) is 0. The lowest BCUT2D eigenvalue weighted by atomic mass is 9.99. The summed E-state index contributed by atoms with van der Waals surface area (Å²) >= 11 is 0. The van der Waals surface area contributed by atoms with Crippen molar-refractivity contribution >= 4 is 11.9 Å². The Morgan fingerprint density at radius 2 is 1.75 bits per heavy atom. The monoisotopic (exact) mass is 262 g/mol. The molecular formula is C18H18N2. The highest BCUT2D eigenvalue weighted by molar-refractivity contribution is 5.82. The number of hydrogen-bond acceptors (Lipinski definition) is 2. The summed E-state index contributed by atoms with van der Waals surface area (Å²) in [6, 6.07) is 17.9. The average molecular weight is 262 g/mol. The van der Waals surface area contributed by atoms with Gasteiger partial charge in [-0.15, -0.1) is 0 Å². The molecule has 2 aromatic carbocycles. The number of hydrogen-bond donors (Lipinski definition) is 0. The summed E-state index contributed by atoms with van der Waals surface area (Å²) in [6.07, 6.45) is 2.97. The maximum Gasteiger partial charge on any atom is 0.0991 e. The van der Waals surface area contributed by atoms with Crippen LogP contribution >= 0.6 is 0 Å². The number of nitriles is 1. The minimum Gasteiger partial charge on any atom is -0.256 e. The number of benzene rings is 2. The van der Waals surface area contributed by atoms with E-state index in [0.717, 1.165) is 17.7 Å². The highest BCUT2D eigenvalue weighted by Crippen LogP contribution is 2.21. The van der Waals surface area contributed by atoms with Crippen molar-refractivity contribution in [3.8, 4) is 6.07 Å². The lowest BCUT2D eigenvalue weighted by Gasteiger charge is -2.08. The van der Waals surface area contributed by atoms with Crippen LogP contribution in [0.3, 0.4) is 0 Å². The quantitative estimate of drug-likeness (QED) is 0.727. The predicted octanol–water partition coefficient (Wildman–Crippen LogP) is 4.82. The Hall–Kier alpha value is -2.40. The lowest BCUT2D eigenvalue weighted by Crippen LogP contribution is -1.89. The van der Waals surface area contributed by atoms with Crippen LogP contribution in [0.25, 0.3) is 0 Å². The molecule has 0 saturated heterocycles. The van der Waals surface area contributed by atoms with Gasteiger partial charge in [-0.2, -0.15) is 5.26 Å². The molecule has 1 unspecified atom stereocenters. The third-order valence-electron chi connectivity index (χ3n) is 3.48. The van der Waals surface area contributed by atoms with Crippen molar-refractivity contribution in [1.82, 2.24) is 0 Å². The molecule has 2 rings (SSSR count). The smallest absolute Gasteiger partial charge is 0.0991 e. The van der Waals surface area contributed by atoms with Crippen molar-refractivity contribution in [2.75, 3.05) is 0 Å². The van der Waals surface area contributed by atoms with Crippen molar-refractivity contribution in [3.63, 3.8) is 0 Å². The van der Waals surface area contributed by atoms with Gasteiger partial charge < -0.3 is 0 Å². The second-order valence-electron chi connectivity index (χ2n) is 4.89. The van der Waals surface area contributed by atoms with Crippen LogP contribution in [0.4, 0.5) is 5.69 Å². The average Bonchev–Trinajstić information content (AvgIpc) is 2.53. The molecule has 0 heterocycles. The van der Waals surface area contributed by atoms with E-state index in [2.05, 4.69) is 37.0 Å². The van der Waals surface area contributed by atoms with Crippen molar-refractivity contribution < 1.29 is 0 Å². The summed E-state index contributed by atoms with van der Waals surface area (Å²) in [4.78, 5) is 4.45. The molecule has 0 spiro atoms. The fraction of sp³-hybridized carbons (Fsp3) is 0.222. The summed E-state index contributed by atoms with van der Waals surface area (Å²) in [5.74, 6) is 0.589. The van der Waals surface area contributed by atoms with E-state index in [-0.39, 0.29) is 0 Å². The molecule has 0 aromatic heterocycles. The van der Waals surface area contributed by atoms with Gasteiger partial charge >= 0.3 is 0 Å². The van der Waals surface area contributed by atoms with Crippen LogP contribution in [0.1, 0.15) is 42.9 Å². The van der Waals surface area contributed by atoms with E-state index in [1.807, 2.05) is 30.5 Å². The molecule has 0 N–H and O–H groups in total. The highest BCUT2D eigenvalue weighted by atomic mass is 14.7. The zero-order valence-corrected chi connectivity index (χ0v) is 11.9. The first-order valence-corrected chi connectivity index (χ1v) is 6.87. The molecule has 20 heavy (non-hydrogen) atoms. The van der Waals surface area contributed by atoms with E-state index in [4.69, 9.17) is 5.26 Å². The summed E-state index contributed by atoms with van der Waals surface area (Å²) in [6.45, 7) is 4.43. The summed E-state index contributed by atoms with van der Waals surface area (Å²) in [5, 5.41) is 8.74. The standard InChI is InChI=1S/C18H18N2/c1-3-14(2)17-8-10-18(11-9-17)20-13-16-6-4-15(12-19)5-7-16/h4-11,13-14H,3H2,1-2H3. The lowest BCUT2D eigenvalue weighted by molar-refractivity contribution is 0.734. The van der Waals surface area contributed by atoms with Crippen molar-refractivity contribution in [1.29, 1.82) is 5.26 Å². The predicted molar refractivity (Wildman–Crippen MR) is 83.6 cm³/mol. The summed E-state index contributed by atoms with van der Waals surface area (Å²) in [5.41, 5.74) is 3.96. The largest absolute Gasteiger partial charge is 0.256 e. The van der Waals surface area contributed by atoms with Crippen LogP contribution in [0.2, 0.25) is 0 Å². The molecule has 0 bridgehead atoms. The zero-order chi connectivity index (χ0) is 14.4. The molecule has 0 aliphatic carbocycles. The Kier molecular flexibility index (Phi) is 4.68. The fourth-order valence-electron chi connectivity index (χ4n) is 1.92. The highest BCUT2D eigenvalue weighted by Gasteiger charge is 2.01. The zero-order valence-electron chi connectivity index (χ0n) is 11.9. The van der Waals surface area contributed by atoms with Gasteiger partial charge in [0.2, 0.25) is 0 Å². The molecule has 0 amide bonds. The third kappa shape index (κ3) is 3.55. The Labute approximate surface area is 120 Å². The first-order valence-electron chi connectivity index (χ1n) is 6.87. The van der Waals surface area contributed by atoms with Gasteiger partial charge in [-0.1, -0.05) is 38.1 Å². The normalized spacial score (nSPS) is 12.2. The maximum absolute atomic E-state index is 8.74. The van der Waals surface area contributed by atoms with Gasteiger partial charge in [0.25, 0.3) is 0 Å². The third-order valence-corrected chi connectivity index (χ3v) is 3.48. The topological polar surface area (TPSA) is 36.1 Å². The van der Waals surface area contributed by atoms with Gasteiger partial charge in [0.15, 0.2) is 0 Å². The molecule has 2 nitrogen and oxygen atoms in total. The van der Waals surface area contributed by atoms with Gasteiger partial charge in [0.05, 0.1) is 17.3 Å². The molecule has 2 heteroatoms. The van der Waals surface area contributed by atoms with E-state index in [1.165, 1.54) is 5.56 Å². The van der Waals surface area contributed by atoms with Gasteiger partial charge in [0.1, 0.15) is 0 Å². The Morgan fingerprint density at radius 1 is 1.10 bits per heavy atom. The van der Waals surface area contributed by atoms with Crippen molar-refractivity contribution in [2.24, 2.45) is 4.99 Å². The van der Waals surface area contributed by atoms with E-state index in [9.17, 15) is 0 Å². The second kappa shape index (κ2) is 6.68. The van der Waals surface area contributed by atoms with Crippen molar-refractivity contribution in [2.45, 2.75) is 26.2 Å². The minimum absolute atomic E-state index is 0.589. The molecule has 100 valence electrons. The van der Waals surface area contributed by atoms with Gasteiger partial charge in [0, 0.05) is 6.21 Å². The van der Waals surface area contributed by atoms with E-state index >= 15 is 0 Å². The SMILES string of the molecule is CCC(C)c1ccc(N=Cc2ccc(C#N)cc2)cc1.